The Kier molecular flexibility index (Phi) is 6.38. The van der Waals surface area contributed by atoms with Gasteiger partial charge in [0, 0.05) is 30.5 Å². The first-order chi connectivity index (χ1) is 13.2. The monoisotopic (exact) mass is 405 g/mol. The molecule has 2 aromatic rings. The molecule has 3 N–H and O–H groups in total. The van der Waals surface area contributed by atoms with E-state index in [-0.39, 0.29) is 39.3 Å². The van der Waals surface area contributed by atoms with Crippen LogP contribution in [0.1, 0.15) is 35.5 Å². The fourth-order valence-electron chi connectivity index (χ4n) is 2.45. The van der Waals surface area contributed by atoms with Gasteiger partial charge in [-0.2, -0.15) is 5.26 Å². The molecule has 0 atom stereocenters. The molecule has 1 aromatic heterocycles. The SMILES string of the molecule is CC(C)NC(=O)/C(=N\O)c1cn(C)c(C(=O)Nc2ccc(F)c(C#N)c2)c1Cl. The zero-order valence-corrected chi connectivity index (χ0v) is 16.0. The molecule has 0 aliphatic carbocycles. The summed E-state index contributed by atoms with van der Waals surface area (Å²) in [7, 11) is 1.52. The highest BCUT2D eigenvalue weighted by atomic mass is 35.5. The number of oxime groups is 1. The lowest BCUT2D eigenvalue weighted by Gasteiger charge is -2.09. The van der Waals surface area contributed by atoms with Crippen molar-refractivity contribution in [2.75, 3.05) is 5.32 Å². The molecule has 0 radical (unpaired) electrons. The number of nitrogens with zero attached hydrogens (tertiary/aromatic N) is 3. The minimum Gasteiger partial charge on any atom is -0.410 e. The van der Waals surface area contributed by atoms with Crippen LogP contribution >= 0.6 is 11.6 Å². The van der Waals surface area contributed by atoms with Crippen LogP contribution in [0.3, 0.4) is 0 Å². The minimum absolute atomic E-state index is 0.0157. The van der Waals surface area contributed by atoms with Gasteiger partial charge in [0.25, 0.3) is 11.8 Å². The summed E-state index contributed by atoms with van der Waals surface area (Å²) in [5.74, 6) is -2.02. The number of halogens is 2. The Hall–Kier alpha value is -3.38. The highest BCUT2D eigenvalue weighted by molar-refractivity contribution is 6.49. The van der Waals surface area contributed by atoms with E-state index in [4.69, 9.17) is 16.9 Å². The normalized spacial score (nSPS) is 11.2. The number of amides is 2. The van der Waals surface area contributed by atoms with Crippen molar-refractivity contribution in [3.8, 4) is 6.07 Å². The lowest BCUT2D eigenvalue weighted by Crippen LogP contribution is -2.36. The van der Waals surface area contributed by atoms with Gasteiger partial charge in [0.15, 0.2) is 5.71 Å². The third-order valence-electron chi connectivity index (χ3n) is 3.67. The van der Waals surface area contributed by atoms with E-state index in [2.05, 4.69) is 15.8 Å². The molecule has 10 heteroatoms. The van der Waals surface area contributed by atoms with Gasteiger partial charge < -0.3 is 20.4 Å². The van der Waals surface area contributed by atoms with Gasteiger partial charge in [-0.05, 0) is 32.0 Å². The maximum absolute atomic E-state index is 13.4. The lowest BCUT2D eigenvalue weighted by atomic mass is 10.1. The molecule has 0 bridgehead atoms. The summed E-state index contributed by atoms with van der Waals surface area (Å²) in [6.45, 7) is 3.47. The van der Waals surface area contributed by atoms with E-state index in [0.29, 0.717) is 0 Å². The van der Waals surface area contributed by atoms with Gasteiger partial charge in [0.05, 0.1) is 10.6 Å². The van der Waals surface area contributed by atoms with Crippen LogP contribution in [0.4, 0.5) is 10.1 Å². The molecule has 2 rings (SSSR count). The number of anilines is 1. The lowest BCUT2D eigenvalue weighted by molar-refractivity contribution is -0.115. The summed E-state index contributed by atoms with van der Waals surface area (Å²) in [4.78, 5) is 24.8. The molecular formula is C18H17ClFN5O3. The first kappa shape index (κ1) is 20.9. The summed E-state index contributed by atoms with van der Waals surface area (Å²) in [5.41, 5.74) is -0.335. The first-order valence-corrected chi connectivity index (χ1v) is 8.46. The van der Waals surface area contributed by atoms with Crippen molar-refractivity contribution in [2.45, 2.75) is 19.9 Å². The van der Waals surface area contributed by atoms with Crippen LogP contribution in [0.25, 0.3) is 0 Å². The Balaban J connectivity index is 2.36. The molecule has 0 fully saturated rings. The highest BCUT2D eigenvalue weighted by Crippen LogP contribution is 2.25. The average Bonchev–Trinajstić information content (AvgIpc) is 2.91. The Morgan fingerprint density at radius 3 is 2.64 bits per heavy atom. The number of hydrogen-bond donors (Lipinski definition) is 3. The molecule has 0 saturated carbocycles. The van der Waals surface area contributed by atoms with E-state index in [1.807, 2.05) is 0 Å². The van der Waals surface area contributed by atoms with E-state index < -0.39 is 17.6 Å². The molecule has 0 saturated heterocycles. The highest BCUT2D eigenvalue weighted by Gasteiger charge is 2.26. The molecule has 146 valence electrons. The van der Waals surface area contributed by atoms with Gasteiger partial charge >= 0.3 is 0 Å². The number of aromatic nitrogens is 1. The maximum Gasteiger partial charge on any atom is 0.274 e. The van der Waals surface area contributed by atoms with E-state index in [9.17, 15) is 19.2 Å². The van der Waals surface area contributed by atoms with Gasteiger partial charge in [-0.3, -0.25) is 9.59 Å². The molecule has 0 aliphatic rings. The molecule has 2 amide bonds. The third kappa shape index (κ3) is 4.29. The molecule has 0 spiro atoms. The van der Waals surface area contributed by atoms with Crippen molar-refractivity contribution >= 4 is 34.8 Å². The Morgan fingerprint density at radius 1 is 1.39 bits per heavy atom. The summed E-state index contributed by atoms with van der Waals surface area (Å²) in [5, 5.41) is 26.1. The topological polar surface area (TPSA) is 120 Å². The third-order valence-corrected chi connectivity index (χ3v) is 4.05. The smallest absolute Gasteiger partial charge is 0.274 e. The summed E-state index contributed by atoms with van der Waals surface area (Å²) >= 11 is 6.26. The van der Waals surface area contributed by atoms with Gasteiger partial charge in [-0.1, -0.05) is 16.8 Å². The number of nitriles is 1. The van der Waals surface area contributed by atoms with Gasteiger partial charge in [0.1, 0.15) is 17.6 Å². The number of nitrogens with one attached hydrogen (secondary N) is 2. The predicted octanol–water partition coefficient (Wildman–Crippen LogP) is 2.64. The number of aryl methyl sites for hydroxylation is 1. The van der Waals surface area contributed by atoms with Crippen molar-refractivity contribution in [3.05, 3.63) is 52.1 Å². The van der Waals surface area contributed by atoms with Crippen LogP contribution in [-0.2, 0) is 11.8 Å². The standard InChI is InChI=1S/C18H17ClFN5O3/c1-9(2)22-17(26)15(24-28)12-8-25(3)16(14(12)19)18(27)23-11-4-5-13(20)10(6-11)7-21/h4-6,8-9,28H,1-3H3,(H,22,26)(H,23,27)/b24-15-. The van der Waals surface area contributed by atoms with Crippen molar-refractivity contribution in [2.24, 2.45) is 12.2 Å². The fourth-order valence-corrected chi connectivity index (χ4v) is 2.81. The van der Waals surface area contributed by atoms with E-state index >= 15 is 0 Å². The molecular weight excluding hydrogens is 389 g/mol. The van der Waals surface area contributed by atoms with Crippen LogP contribution in [0.2, 0.25) is 5.02 Å². The second-order valence-corrected chi connectivity index (χ2v) is 6.53. The van der Waals surface area contributed by atoms with Crippen molar-refractivity contribution in [1.82, 2.24) is 9.88 Å². The molecule has 0 unspecified atom stereocenters. The summed E-state index contributed by atoms with van der Waals surface area (Å²) in [6.07, 6.45) is 1.37. The Bertz CT molecular complexity index is 1010. The quantitative estimate of drug-likeness (QED) is 0.402. The second kappa shape index (κ2) is 8.54. The predicted molar refractivity (Wildman–Crippen MR) is 101 cm³/mol. The van der Waals surface area contributed by atoms with Gasteiger partial charge in [-0.25, -0.2) is 4.39 Å². The molecule has 28 heavy (non-hydrogen) atoms. The molecule has 1 aromatic carbocycles. The van der Waals surface area contributed by atoms with Crippen LogP contribution in [0, 0.1) is 17.1 Å². The fraction of sp³-hybridized carbons (Fsp3) is 0.222. The van der Waals surface area contributed by atoms with Crippen LogP contribution in [-0.4, -0.2) is 33.3 Å². The second-order valence-electron chi connectivity index (χ2n) is 6.15. The van der Waals surface area contributed by atoms with Crippen LogP contribution in [0.5, 0.6) is 0 Å². The average molecular weight is 406 g/mol. The van der Waals surface area contributed by atoms with Crippen molar-refractivity contribution in [1.29, 1.82) is 5.26 Å². The first-order valence-electron chi connectivity index (χ1n) is 8.08. The maximum atomic E-state index is 13.4. The number of carbonyl (C=O) groups excluding carboxylic acids is 2. The minimum atomic E-state index is -0.709. The van der Waals surface area contributed by atoms with Crippen molar-refractivity contribution < 1.29 is 19.2 Å². The largest absolute Gasteiger partial charge is 0.410 e. The van der Waals surface area contributed by atoms with E-state index in [0.717, 1.165) is 6.07 Å². The van der Waals surface area contributed by atoms with E-state index in [1.165, 1.54) is 29.9 Å². The van der Waals surface area contributed by atoms with E-state index in [1.54, 1.807) is 19.9 Å². The zero-order chi connectivity index (χ0) is 21.0. The molecule has 8 nitrogen and oxygen atoms in total. The van der Waals surface area contributed by atoms with Gasteiger partial charge in [0.2, 0.25) is 0 Å². The number of hydrogen-bond acceptors (Lipinski definition) is 5. The van der Waals surface area contributed by atoms with Gasteiger partial charge in [-0.15, -0.1) is 0 Å². The molecule has 0 aliphatic heterocycles. The Labute approximate surface area is 165 Å². The summed E-state index contributed by atoms with van der Waals surface area (Å²) < 4.78 is 14.8. The molecule has 1 heterocycles. The zero-order valence-electron chi connectivity index (χ0n) is 15.2. The van der Waals surface area contributed by atoms with Crippen LogP contribution in [0.15, 0.2) is 29.6 Å². The Morgan fingerprint density at radius 2 is 2.07 bits per heavy atom. The summed E-state index contributed by atoms with van der Waals surface area (Å²) in [6, 6.07) is 5.01. The number of rotatable bonds is 5. The van der Waals surface area contributed by atoms with Crippen molar-refractivity contribution in [3.63, 3.8) is 0 Å². The van der Waals surface area contributed by atoms with Crippen LogP contribution < -0.4 is 10.6 Å². The number of carbonyl (C=O) groups is 2. The number of benzene rings is 1.